The lowest BCUT2D eigenvalue weighted by Crippen LogP contribution is -2.46. The van der Waals surface area contributed by atoms with Crippen LogP contribution in [0.2, 0.25) is 0 Å². The van der Waals surface area contributed by atoms with Crippen LogP contribution in [-0.4, -0.2) is 73.4 Å². The molecule has 0 aliphatic rings. The molecule has 322 valence electrons. The highest BCUT2D eigenvalue weighted by Gasteiger charge is 2.28. The van der Waals surface area contributed by atoms with Crippen molar-refractivity contribution in [2.75, 3.05) is 40.9 Å². The Morgan fingerprint density at radius 2 is 1.00 bits per heavy atom. The normalized spacial score (nSPS) is 14.4. The molecule has 3 atom stereocenters. The molecule has 9 heteroatoms. The van der Waals surface area contributed by atoms with Crippen molar-refractivity contribution in [3.8, 4) is 0 Å². The summed E-state index contributed by atoms with van der Waals surface area (Å²) in [6.07, 6.45) is 42.3. The summed E-state index contributed by atoms with van der Waals surface area (Å²) in [6, 6.07) is -0.756. The average Bonchev–Trinajstić information content (AvgIpc) is 3.12. The first kappa shape index (κ1) is 53.2. The zero-order chi connectivity index (χ0) is 40.0. The maximum atomic E-state index is 12.9. The molecule has 0 spiro atoms. The van der Waals surface area contributed by atoms with E-state index in [1.54, 1.807) is 0 Å². The van der Waals surface area contributed by atoms with Crippen molar-refractivity contribution in [1.82, 2.24) is 5.32 Å². The Bertz CT molecular complexity index is 896. The van der Waals surface area contributed by atoms with Gasteiger partial charge >= 0.3 is 7.82 Å². The molecule has 3 N–H and O–H groups in total. The van der Waals surface area contributed by atoms with Gasteiger partial charge in [0.05, 0.1) is 39.9 Å². The van der Waals surface area contributed by atoms with Gasteiger partial charge in [-0.25, -0.2) is 4.57 Å². The summed E-state index contributed by atoms with van der Waals surface area (Å²) < 4.78 is 23.6. The molecule has 0 saturated carbocycles. The molecule has 0 fully saturated rings. The van der Waals surface area contributed by atoms with E-state index in [-0.39, 0.29) is 19.1 Å². The standard InChI is InChI=1S/C45H91N2O6P/c1-6-8-10-12-14-16-18-20-21-22-23-24-25-27-29-31-33-35-37-39-45(49)46-43(42-53-54(50,51)52-41-40-47(3,4)5)44(48)38-36-34-32-30-28-26-19-17-15-13-11-9-7-2/h20-21,43-44,48H,6-19,22-42H2,1-5H3,(H-,46,49,50,51)/p+1/b21-20-/t43-,44+/m0/s1. The van der Waals surface area contributed by atoms with Crippen LogP contribution in [0, 0.1) is 0 Å². The molecule has 0 rings (SSSR count). The van der Waals surface area contributed by atoms with Crippen LogP contribution in [0.1, 0.15) is 219 Å². The fourth-order valence-corrected chi connectivity index (χ4v) is 7.54. The van der Waals surface area contributed by atoms with E-state index in [2.05, 4.69) is 31.3 Å². The molecular formula is C45H92N2O6P+. The Kier molecular flexibility index (Phi) is 37.3. The molecule has 54 heavy (non-hydrogen) atoms. The van der Waals surface area contributed by atoms with Crippen molar-refractivity contribution >= 4 is 13.7 Å². The Labute approximate surface area is 335 Å². The number of likely N-dealkylation sites (N-methyl/N-ethyl adjacent to an activating group) is 1. The highest BCUT2D eigenvalue weighted by molar-refractivity contribution is 7.47. The first-order valence-electron chi connectivity index (χ1n) is 23.1. The van der Waals surface area contributed by atoms with Gasteiger partial charge in [0.25, 0.3) is 0 Å². The topological polar surface area (TPSA) is 105 Å². The highest BCUT2D eigenvalue weighted by Crippen LogP contribution is 2.43. The van der Waals surface area contributed by atoms with E-state index in [4.69, 9.17) is 9.05 Å². The Balaban J connectivity index is 4.30. The number of aliphatic hydroxyl groups is 1. The number of carbonyl (C=O) groups is 1. The van der Waals surface area contributed by atoms with Gasteiger partial charge in [-0.05, 0) is 38.5 Å². The van der Waals surface area contributed by atoms with E-state index in [1.165, 1.54) is 154 Å². The number of carbonyl (C=O) groups excluding carboxylic acids is 1. The van der Waals surface area contributed by atoms with E-state index < -0.39 is 20.0 Å². The third-order valence-electron chi connectivity index (χ3n) is 10.5. The summed E-state index contributed by atoms with van der Waals surface area (Å²) in [6.45, 7) is 4.89. The number of nitrogens with zero attached hydrogens (tertiary/aromatic N) is 1. The van der Waals surface area contributed by atoms with Gasteiger partial charge in [0.15, 0.2) is 0 Å². The van der Waals surface area contributed by atoms with Gasteiger partial charge < -0.3 is 19.8 Å². The average molecular weight is 788 g/mol. The van der Waals surface area contributed by atoms with Crippen molar-refractivity contribution in [3.05, 3.63) is 12.2 Å². The quantitative estimate of drug-likeness (QED) is 0.0246. The first-order chi connectivity index (χ1) is 26.0. The Morgan fingerprint density at radius 3 is 1.43 bits per heavy atom. The number of quaternary nitrogens is 1. The molecule has 0 aromatic heterocycles. The highest BCUT2D eigenvalue weighted by atomic mass is 31.2. The van der Waals surface area contributed by atoms with Gasteiger partial charge in [0.1, 0.15) is 13.2 Å². The van der Waals surface area contributed by atoms with Gasteiger partial charge in [-0.1, -0.05) is 187 Å². The number of aliphatic hydroxyl groups excluding tert-OH is 1. The summed E-state index contributed by atoms with van der Waals surface area (Å²) in [5.41, 5.74) is 0. The number of phosphoric ester groups is 1. The zero-order valence-electron chi connectivity index (χ0n) is 36.5. The number of amides is 1. The molecule has 0 saturated heterocycles. The summed E-state index contributed by atoms with van der Waals surface area (Å²) in [5.74, 6) is -0.146. The maximum absolute atomic E-state index is 12.9. The van der Waals surface area contributed by atoms with Crippen LogP contribution in [0.3, 0.4) is 0 Å². The fraction of sp³-hybridized carbons (Fsp3) is 0.933. The van der Waals surface area contributed by atoms with Crippen LogP contribution >= 0.6 is 7.82 Å². The van der Waals surface area contributed by atoms with Gasteiger partial charge in [0, 0.05) is 6.42 Å². The van der Waals surface area contributed by atoms with Crippen LogP contribution in [0.5, 0.6) is 0 Å². The lowest BCUT2D eigenvalue weighted by Gasteiger charge is -2.26. The zero-order valence-corrected chi connectivity index (χ0v) is 37.4. The summed E-state index contributed by atoms with van der Waals surface area (Å²) >= 11 is 0. The molecule has 0 radical (unpaired) electrons. The van der Waals surface area contributed by atoms with Crippen molar-refractivity contribution in [1.29, 1.82) is 0 Å². The van der Waals surface area contributed by atoms with Gasteiger partial charge in [-0.2, -0.15) is 0 Å². The van der Waals surface area contributed by atoms with E-state index in [9.17, 15) is 19.4 Å². The Hall–Kier alpha value is -0.760. The fourth-order valence-electron chi connectivity index (χ4n) is 6.81. The second-order valence-corrected chi connectivity index (χ2v) is 18.6. The molecule has 0 aliphatic heterocycles. The number of allylic oxidation sites excluding steroid dienone is 2. The molecule has 0 aliphatic carbocycles. The van der Waals surface area contributed by atoms with E-state index >= 15 is 0 Å². The lowest BCUT2D eigenvalue weighted by molar-refractivity contribution is -0.870. The maximum Gasteiger partial charge on any atom is 0.472 e. The van der Waals surface area contributed by atoms with Crippen LogP contribution in [-0.2, 0) is 18.4 Å². The van der Waals surface area contributed by atoms with E-state index in [0.717, 1.165) is 38.5 Å². The molecule has 0 aromatic carbocycles. The number of rotatable bonds is 42. The number of hydrogen-bond acceptors (Lipinski definition) is 5. The van der Waals surface area contributed by atoms with Crippen LogP contribution < -0.4 is 5.32 Å². The van der Waals surface area contributed by atoms with Gasteiger partial charge in [-0.15, -0.1) is 0 Å². The first-order valence-corrected chi connectivity index (χ1v) is 24.5. The van der Waals surface area contributed by atoms with Crippen molar-refractivity contribution in [2.45, 2.75) is 231 Å². The molecular weight excluding hydrogens is 695 g/mol. The van der Waals surface area contributed by atoms with Crippen molar-refractivity contribution in [3.63, 3.8) is 0 Å². The number of phosphoric acid groups is 1. The lowest BCUT2D eigenvalue weighted by atomic mass is 10.0. The van der Waals surface area contributed by atoms with Crippen LogP contribution in [0.4, 0.5) is 0 Å². The predicted octanol–water partition coefficient (Wildman–Crippen LogP) is 12.8. The molecule has 8 nitrogen and oxygen atoms in total. The smallest absolute Gasteiger partial charge is 0.391 e. The minimum absolute atomic E-state index is 0.0762. The number of unbranched alkanes of at least 4 members (excludes halogenated alkanes) is 27. The Morgan fingerprint density at radius 1 is 0.611 bits per heavy atom. The minimum atomic E-state index is -4.31. The third kappa shape index (κ3) is 39.5. The summed E-state index contributed by atoms with van der Waals surface area (Å²) in [5, 5.41) is 14.0. The monoisotopic (exact) mass is 788 g/mol. The molecule has 0 bridgehead atoms. The van der Waals surface area contributed by atoms with Gasteiger partial charge in [0.2, 0.25) is 5.91 Å². The van der Waals surface area contributed by atoms with Crippen molar-refractivity contribution in [2.24, 2.45) is 0 Å². The largest absolute Gasteiger partial charge is 0.472 e. The molecule has 1 unspecified atom stereocenters. The third-order valence-corrected chi connectivity index (χ3v) is 11.5. The predicted molar refractivity (Wildman–Crippen MR) is 231 cm³/mol. The van der Waals surface area contributed by atoms with Crippen molar-refractivity contribution < 1.29 is 32.9 Å². The van der Waals surface area contributed by atoms with Gasteiger partial charge in [-0.3, -0.25) is 13.8 Å². The summed E-state index contributed by atoms with van der Waals surface area (Å²) in [4.78, 5) is 23.1. The van der Waals surface area contributed by atoms with E-state index in [0.29, 0.717) is 23.9 Å². The summed E-state index contributed by atoms with van der Waals surface area (Å²) in [7, 11) is 1.62. The minimum Gasteiger partial charge on any atom is -0.391 e. The number of hydrogen-bond donors (Lipinski definition) is 3. The van der Waals surface area contributed by atoms with E-state index in [1.807, 2.05) is 21.1 Å². The van der Waals surface area contributed by atoms with Crippen LogP contribution in [0.15, 0.2) is 12.2 Å². The second-order valence-electron chi connectivity index (χ2n) is 17.1. The second kappa shape index (κ2) is 37.8. The number of nitrogens with one attached hydrogen (secondary N) is 1. The molecule has 0 aromatic rings. The van der Waals surface area contributed by atoms with Crippen LogP contribution in [0.25, 0.3) is 0 Å². The SMILES string of the molecule is CCCCCCCC/C=C\CCCCCCCCCCCC(=O)N[C@@H](COP(=O)(O)OCC[N+](C)(C)C)[C@H](O)CCCCCCCCCCCCCCC. The molecule has 1 amide bonds. The molecule has 0 heterocycles.